The Labute approximate surface area is 193 Å². The predicted octanol–water partition coefficient (Wildman–Crippen LogP) is 3.90. The molecule has 1 amide bonds. The number of hydrogen-bond acceptors (Lipinski definition) is 2. The molecule has 0 bridgehead atoms. The molecule has 2 aromatic rings. The first-order valence-electron chi connectivity index (χ1n) is 9.70. The molecule has 2 unspecified atom stereocenters. The summed E-state index contributed by atoms with van der Waals surface area (Å²) in [6, 6.07) is 11.2. The number of aliphatic imine (C=N–C) groups is 1. The first kappa shape index (κ1) is 24.0. The predicted molar refractivity (Wildman–Crippen MR) is 125 cm³/mol. The molecule has 0 aliphatic heterocycles. The fraction of sp³-hybridized carbons (Fsp3) is 0.364. The van der Waals surface area contributed by atoms with Gasteiger partial charge in [0, 0.05) is 43.7 Å². The van der Waals surface area contributed by atoms with Crippen LogP contribution in [0.25, 0.3) is 0 Å². The van der Waals surface area contributed by atoms with Crippen molar-refractivity contribution in [3.8, 4) is 0 Å². The second-order valence-electron chi connectivity index (χ2n) is 7.32. The van der Waals surface area contributed by atoms with Gasteiger partial charge in [-0.15, -0.1) is 24.0 Å². The van der Waals surface area contributed by atoms with Gasteiger partial charge < -0.3 is 15.5 Å². The maximum atomic E-state index is 14.0. The molecule has 2 N–H and O–H groups in total. The quantitative estimate of drug-likeness (QED) is 0.340. The van der Waals surface area contributed by atoms with E-state index < -0.39 is 11.6 Å². The van der Waals surface area contributed by atoms with E-state index in [4.69, 9.17) is 0 Å². The Morgan fingerprint density at radius 1 is 1.13 bits per heavy atom. The van der Waals surface area contributed by atoms with E-state index in [0.717, 1.165) is 5.56 Å². The fourth-order valence-corrected chi connectivity index (χ4v) is 3.22. The Morgan fingerprint density at radius 2 is 1.77 bits per heavy atom. The van der Waals surface area contributed by atoms with Crippen molar-refractivity contribution in [3.05, 3.63) is 70.8 Å². The highest BCUT2D eigenvalue weighted by molar-refractivity contribution is 14.0. The van der Waals surface area contributed by atoms with Crippen molar-refractivity contribution in [3.63, 3.8) is 0 Å². The van der Waals surface area contributed by atoms with Crippen LogP contribution in [-0.4, -0.2) is 43.4 Å². The minimum Gasteiger partial charge on any atom is -0.357 e. The lowest BCUT2D eigenvalue weighted by molar-refractivity contribution is 0.0827. The summed E-state index contributed by atoms with van der Waals surface area (Å²) in [7, 11) is 3.43. The Bertz CT molecular complexity index is 882. The molecule has 5 nitrogen and oxygen atoms in total. The SMILES string of the molecule is CCNC(=NCc1ccc(C(=O)N(C)C)cc1)NC1CC1c1c(F)cccc1F.I. The summed E-state index contributed by atoms with van der Waals surface area (Å²) in [6.45, 7) is 3.06. The summed E-state index contributed by atoms with van der Waals surface area (Å²) >= 11 is 0. The van der Waals surface area contributed by atoms with E-state index in [1.807, 2.05) is 19.1 Å². The van der Waals surface area contributed by atoms with Crippen molar-refractivity contribution >= 4 is 35.8 Å². The number of amides is 1. The van der Waals surface area contributed by atoms with Crippen molar-refractivity contribution in [2.24, 2.45) is 4.99 Å². The number of halogens is 3. The minimum atomic E-state index is -0.506. The largest absolute Gasteiger partial charge is 0.357 e. The third kappa shape index (κ3) is 5.90. The smallest absolute Gasteiger partial charge is 0.253 e. The van der Waals surface area contributed by atoms with Crippen LogP contribution in [0, 0.1) is 11.6 Å². The van der Waals surface area contributed by atoms with E-state index in [0.29, 0.717) is 31.0 Å². The molecule has 0 radical (unpaired) electrons. The minimum absolute atomic E-state index is 0. The van der Waals surface area contributed by atoms with Crippen LogP contribution < -0.4 is 10.6 Å². The molecule has 8 heteroatoms. The van der Waals surface area contributed by atoms with Crippen molar-refractivity contribution in [1.82, 2.24) is 15.5 Å². The van der Waals surface area contributed by atoms with Gasteiger partial charge in [0.05, 0.1) is 6.54 Å². The number of nitrogens with zero attached hydrogens (tertiary/aromatic N) is 2. The van der Waals surface area contributed by atoms with E-state index in [1.165, 1.54) is 23.1 Å². The highest BCUT2D eigenvalue weighted by atomic mass is 127. The van der Waals surface area contributed by atoms with Crippen molar-refractivity contribution < 1.29 is 13.6 Å². The number of guanidine groups is 1. The van der Waals surface area contributed by atoms with Gasteiger partial charge in [-0.05, 0) is 43.2 Å². The van der Waals surface area contributed by atoms with Crippen LogP contribution in [0.15, 0.2) is 47.5 Å². The molecular formula is C22H27F2IN4O. The second kappa shape index (κ2) is 10.7. The van der Waals surface area contributed by atoms with E-state index in [-0.39, 0.29) is 47.4 Å². The highest BCUT2D eigenvalue weighted by Gasteiger charge is 2.42. The van der Waals surface area contributed by atoms with Crippen molar-refractivity contribution in [2.45, 2.75) is 31.8 Å². The molecule has 0 aromatic heterocycles. The lowest BCUT2D eigenvalue weighted by atomic mass is 10.1. The van der Waals surface area contributed by atoms with Gasteiger partial charge in [-0.2, -0.15) is 0 Å². The maximum Gasteiger partial charge on any atom is 0.253 e. The van der Waals surface area contributed by atoms with Crippen LogP contribution in [0.4, 0.5) is 8.78 Å². The summed E-state index contributed by atoms with van der Waals surface area (Å²) in [5, 5.41) is 6.42. The Kier molecular flexibility index (Phi) is 8.57. The molecule has 1 aliphatic carbocycles. The van der Waals surface area contributed by atoms with Gasteiger partial charge in [-0.1, -0.05) is 18.2 Å². The van der Waals surface area contributed by atoms with Crippen LogP contribution >= 0.6 is 24.0 Å². The zero-order valence-electron chi connectivity index (χ0n) is 17.3. The molecule has 1 fully saturated rings. The van der Waals surface area contributed by atoms with Gasteiger partial charge in [0.1, 0.15) is 11.6 Å². The second-order valence-corrected chi connectivity index (χ2v) is 7.32. The normalized spacial score (nSPS) is 17.7. The molecule has 0 heterocycles. The van der Waals surface area contributed by atoms with Crippen LogP contribution in [0.2, 0.25) is 0 Å². The number of benzene rings is 2. The number of rotatable bonds is 6. The average Bonchev–Trinajstić information content (AvgIpc) is 3.44. The van der Waals surface area contributed by atoms with Gasteiger partial charge in [0.15, 0.2) is 5.96 Å². The molecule has 162 valence electrons. The summed E-state index contributed by atoms with van der Waals surface area (Å²) in [5.74, 6) is -0.654. The third-order valence-electron chi connectivity index (χ3n) is 4.85. The molecule has 3 rings (SSSR count). The highest BCUT2D eigenvalue weighted by Crippen LogP contribution is 2.43. The molecule has 0 saturated heterocycles. The molecule has 0 spiro atoms. The summed E-state index contributed by atoms with van der Waals surface area (Å²) < 4.78 is 27.9. The molecule has 30 heavy (non-hydrogen) atoms. The summed E-state index contributed by atoms with van der Waals surface area (Å²) in [6.07, 6.45) is 0.656. The Hall–Kier alpha value is -2.23. The summed E-state index contributed by atoms with van der Waals surface area (Å²) in [4.78, 5) is 18.0. The van der Waals surface area contributed by atoms with Crippen LogP contribution in [-0.2, 0) is 6.54 Å². The zero-order chi connectivity index (χ0) is 21.0. The number of nitrogens with one attached hydrogen (secondary N) is 2. The Morgan fingerprint density at radius 3 is 2.33 bits per heavy atom. The number of carbonyl (C=O) groups excluding carboxylic acids is 1. The zero-order valence-corrected chi connectivity index (χ0v) is 19.6. The van der Waals surface area contributed by atoms with E-state index in [2.05, 4.69) is 15.6 Å². The van der Waals surface area contributed by atoms with Crippen LogP contribution in [0.5, 0.6) is 0 Å². The van der Waals surface area contributed by atoms with E-state index in [9.17, 15) is 13.6 Å². The molecule has 1 aliphatic rings. The average molecular weight is 528 g/mol. The van der Waals surface area contributed by atoms with Crippen molar-refractivity contribution in [2.75, 3.05) is 20.6 Å². The standard InChI is InChI=1S/C22H26F2N4O.HI/c1-4-25-22(26-13-14-8-10-15(11-9-14)21(29)28(2)3)27-19-12-16(19)20-17(23)6-5-7-18(20)24;/h5-11,16,19H,4,12-13H2,1-3H3,(H2,25,26,27);1H. The van der Waals surface area contributed by atoms with Gasteiger partial charge in [0.25, 0.3) is 5.91 Å². The van der Waals surface area contributed by atoms with E-state index >= 15 is 0 Å². The monoisotopic (exact) mass is 528 g/mol. The van der Waals surface area contributed by atoms with Gasteiger partial charge in [-0.25, -0.2) is 13.8 Å². The van der Waals surface area contributed by atoms with Crippen molar-refractivity contribution in [1.29, 1.82) is 0 Å². The van der Waals surface area contributed by atoms with E-state index in [1.54, 1.807) is 26.2 Å². The lowest BCUT2D eigenvalue weighted by Gasteiger charge is -2.12. The fourth-order valence-electron chi connectivity index (χ4n) is 3.22. The topological polar surface area (TPSA) is 56.7 Å². The first-order chi connectivity index (χ1) is 13.9. The lowest BCUT2D eigenvalue weighted by Crippen LogP contribution is -2.39. The number of hydrogen-bond donors (Lipinski definition) is 2. The Balaban J connectivity index is 0.00000320. The van der Waals surface area contributed by atoms with Crippen LogP contribution in [0.3, 0.4) is 0 Å². The molecule has 2 aromatic carbocycles. The first-order valence-corrected chi connectivity index (χ1v) is 9.70. The number of carbonyl (C=O) groups is 1. The molecule has 2 atom stereocenters. The van der Waals surface area contributed by atoms with Crippen LogP contribution in [0.1, 0.15) is 40.7 Å². The molecular weight excluding hydrogens is 501 g/mol. The van der Waals surface area contributed by atoms with Gasteiger partial charge in [-0.3, -0.25) is 4.79 Å². The summed E-state index contributed by atoms with van der Waals surface area (Å²) in [5.41, 5.74) is 1.73. The van der Waals surface area contributed by atoms with Gasteiger partial charge in [0.2, 0.25) is 0 Å². The third-order valence-corrected chi connectivity index (χ3v) is 4.85. The molecule has 1 saturated carbocycles. The van der Waals surface area contributed by atoms with Gasteiger partial charge >= 0.3 is 0 Å². The maximum absolute atomic E-state index is 14.0.